The molecule has 1 aliphatic heterocycles. The average molecular weight is 532 g/mol. The van der Waals surface area contributed by atoms with Gasteiger partial charge in [-0.25, -0.2) is 23.5 Å². The van der Waals surface area contributed by atoms with Crippen LogP contribution in [0.3, 0.4) is 0 Å². The largest absolute Gasteiger partial charge is 0.352 e. The van der Waals surface area contributed by atoms with Gasteiger partial charge in [0.2, 0.25) is 16.0 Å². The van der Waals surface area contributed by atoms with Crippen molar-refractivity contribution in [2.45, 2.75) is 17.7 Å². The number of amides is 1. The number of fused-ring (bicyclic) bond motifs is 1. The third-order valence-electron chi connectivity index (χ3n) is 6.75. The molecule has 0 saturated carbocycles. The van der Waals surface area contributed by atoms with E-state index in [1.54, 1.807) is 30.7 Å². The Morgan fingerprint density at radius 1 is 1.08 bits per heavy atom. The lowest BCUT2D eigenvalue weighted by atomic mass is 9.97. The molecule has 1 fully saturated rings. The van der Waals surface area contributed by atoms with E-state index in [1.165, 1.54) is 12.1 Å². The number of hydrogen-bond donors (Lipinski definition) is 3. The smallest absolute Gasteiger partial charge is 0.252 e. The normalized spacial score (nSPS) is 14.9. The van der Waals surface area contributed by atoms with Gasteiger partial charge >= 0.3 is 0 Å². The predicted molar refractivity (Wildman–Crippen MR) is 146 cm³/mol. The van der Waals surface area contributed by atoms with Crippen LogP contribution in [-0.2, 0) is 10.0 Å². The molecule has 1 aliphatic rings. The third kappa shape index (κ3) is 5.96. The van der Waals surface area contributed by atoms with Gasteiger partial charge in [0.15, 0.2) is 0 Å². The second kappa shape index (κ2) is 10.8. The summed E-state index contributed by atoms with van der Waals surface area (Å²) < 4.78 is 23.0. The number of nitrogens with one attached hydrogen (secondary N) is 2. The molecular formula is C27H29N7O3S. The minimum atomic E-state index is -3.77. The van der Waals surface area contributed by atoms with Crippen LogP contribution in [0.1, 0.15) is 23.2 Å². The van der Waals surface area contributed by atoms with Crippen LogP contribution in [0.25, 0.3) is 22.0 Å². The Labute approximate surface area is 221 Å². The molecule has 5 rings (SSSR count). The van der Waals surface area contributed by atoms with Gasteiger partial charge in [-0.15, -0.1) is 0 Å². The number of nitrogens with zero attached hydrogens (tertiary/aromatic N) is 4. The Bertz CT molecular complexity index is 1570. The Morgan fingerprint density at radius 2 is 1.84 bits per heavy atom. The molecular weight excluding hydrogens is 502 g/mol. The summed E-state index contributed by atoms with van der Waals surface area (Å²) >= 11 is 0. The summed E-state index contributed by atoms with van der Waals surface area (Å²) in [6, 6.07) is 13.6. The maximum absolute atomic E-state index is 12.9. The van der Waals surface area contributed by atoms with Crippen LogP contribution in [0.4, 0.5) is 11.6 Å². The van der Waals surface area contributed by atoms with Gasteiger partial charge in [0.1, 0.15) is 0 Å². The van der Waals surface area contributed by atoms with Gasteiger partial charge in [-0.2, -0.15) is 0 Å². The molecule has 38 heavy (non-hydrogen) atoms. The lowest BCUT2D eigenvalue weighted by molar-refractivity contribution is 0.0938. The second-order valence-electron chi connectivity index (χ2n) is 9.55. The Balaban J connectivity index is 1.36. The topological polar surface area (TPSA) is 143 Å². The number of nitrogens with two attached hydrogens (primary N) is 1. The molecule has 2 aromatic heterocycles. The predicted octanol–water partition coefficient (Wildman–Crippen LogP) is 3.15. The number of hydrogen-bond acceptors (Lipinski definition) is 8. The molecule has 4 aromatic rings. The number of likely N-dealkylation sites (tertiary alicyclic amines) is 1. The SMILES string of the molecule is CN1CCC(CNC(=O)c2cncc(-c3cccc4cnc(Nc5ccc(S(N)(=O)=O)cc5)nc34)c2)CC1. The van der Waals surface area contributed by atoms with Crippen LogP contribution in [0, 0.1) is 5.92 Å². The van der Waals surface area contributed by atoms with E-state index < -0.39 is 10.0 Å². The minimum absolute atomic E-state index is 0.0209. The number of primary sulfonamides is 1. The number of anilines is 2. The number of sulfonamides is 1. The first kappa shape index (κ1) is 25.7. The van der Waals surface area contributed by atoms with Gasteiger partial charge < -0.3 is 15.5 Å². The van der Waals surface area contributed by atoms with Crippen molar-refractivity contribution in [1.82, 2.24) is 25.2 Å². The summed E-state index contributed by atoms with van der Waals surface area (Å²) in [6.07, 6.45) is 7.16. The van der Waals surface area contributed by atoms with E-state index in [4.69, 9.17) is 10.1 Å². The van der Waals surface area contributed by atoms with Gasteiger partial charge in [0, 0.05) is 47.3 Å². The zero-order valence-corrected chi connectivity index (χ0v) is 21.8. The van der Waals surface area contributed by atoms with Crippen molar-refractivity contribution in [3.8, 4) is 11.1 Å². The zero-order chi connectivity index (χ0) is 26.7. The number of carbonyl (C=O) groups excluding carboxylic acids is 1. The van der Waals surface area contributed by atoms with Gasteiger partial charge in [-0.05, 0) is 69.2 Å². The number of para-hydroxylation sites is 1. The van der Waals surface area contributed by atoms with Crippen LogP contribution in [0.15, 0.2) is 72.0 Å². The highest BCUT2D eigenvalue weighted by Crippen LogP contribution is 2.28. The highest BCUT2D eigenvalue weighted by molar-refractivity contribution is 7.89. The molecule has 1 saturated heterocycles. The molecule has 0 spiro atoms. The van der Waals surface area contributed by atoms with Crippen LogP contribution in [-0.4, -0.2) is 60.9 Å². The van der Waals surface area contributed by atoms with Gasteiger partial charge in [0.05, 0.1) is 16.0 Å². The maximum Gasteiger partial charge on any atom is 0.252 e. The Morgan fingerprint density at radius 3 is 2.58 bits per heavy atom. The van der Waals surface area contributed by atoms with E-state index in [0.29, 0.717) is 35.2 Å². The van der Waals surface area contributed by atoms with Crippen molar-refractivity contribution < 1.29 is 13.2 Å². The van der Waals surface area contributed by atoms with Gasteiger partial charge in [-0.1, -0.05) is 18.2 Å². The lowest BCUT2D eigenvalue weighted by Gasteiger charge is -2.28. The number of piperidine rings is 1. The zero-order valence-electron chi connectivity index (χ0n) is 21.0. The first-order chi connectivity index (χ1) is 18.3. The van der Waals surface area contributed by atoms with Gasteiger partial charge in [-0.3, -0.25) is 9.78 Å². The minimum Gasteiger partial charge on any atom is -0.352 e. The molecule has 2 aromatic carbocycles. The number of benzene rings is 2. The fourth-order valence-corrected chi connectivity index (χ4v) is 5.04. The number of pyridine rings is 1. The molecule has 10 nitrogen and oxygen atoms in total. The molecule has 196 valence electrons. The van der Waals surface area contributed by atoms with E-state index in [2.05, 4.69) is 32.5 Å². The molecule has 0 radical (unpaired) electrons. The summed E-state index contributed by atoms with van der Waals surface area (Å²) in [5, 5.41) is 12.2. The summed E-state index contributed by atoms with van der Waals surface area (Å²) in [6.45, 7) is 2.77. The first-order valence-corrected chi connectivity index (χ1v) is 13.9. The third-order valence-corrected chi connectivity index (χ3v) is 7.68. The van der Waals surface area contributed by atoms with Crippen molar-refractivity contribution in [3.63, 3.8) is 0 Å². The number of aromatic nitrogens is 3. The van der Waals surface area contributed by atoms with E-state index in [-0.39, 0.29) is 10.8 Å². The Hall–Kier alpha value is -3.93. The summed E-state index contributed by atoms with van der Waals surface area (Å²) in [4.78, 5) is 28.6. The fraction of sp³-hybridized carbons (Fsp3) is 0.259. The van der Waals surface area contributed by atoms with Crippen LogP contribution in [0.2, 0.25) is 0 Å². The number of carbonyl (C=O) groups is 1. The monoisotopic (exact) mass is 531 g/mol. The quantitative estimate of drug-likeness (QED) is 0.330. The van der Waals surface area contributed by atoms with Crippen LogP contribution >= 0.6 is 0 Å². The van der Waals surface area contributed by atoms with E-state index >= 15 is 0 Å². The molecule has 3 heterocycles. The van der Waals surface area contributed by atoms with Gasteiger partial charge in [0.25, 0.3) is 5.91 Å². The average Bonchev–Trinajstić information content (AvgIpc) is 2.92. The summed E-state index contributed by atoms with van der Waals surface area (Å²) in [5.74, 6) is 0.689. The molecule has 0 unspecified atom stereocenters. The molecule has 0 atom stereocenters. The van der Waals surface area contributed by atoms with Crippen molar-refractivity contribution in [2.75, 3.05) is 32.0 Å². The lowest BCUT2D eigenvalue weighted by Crippen LogP contribution is -2.36. The highest BCUT2D eigenvalue weighted by Gasteiger charge is 2.18. The maximum atomic E-state index is 12.9. The van der Waals surface area contributed by atoms with Crippen molar-refractivity contribution in [3.05, 3.63) is 72.7 Å². The van der Waals surface area contributed by atoms with Crippen molar-refractivity contribution >= 4 is 38.5 Å². The summed E-state index contributed by atoms with van der Waals surface area (Å²) in [5.41, 5.74) is 3.38. The standard InChI is InChI=1S/C27H29N7O3S/c1-34-11-9-18(10-12-34)14-30-26(35)21-13-20(15-29-16-21)24-4-2-3-19-17-31-27(33-25(19)24)32-22-5-7-23(8-6-22)38(28,36)37/h2-8,13,15-18H,9-12,14H2,1H3,(H,30,35)(H2,28,36,37)(H,31,32,33). The molecule has 1 amide bonds. The molecule has 0 aliphatic carbocycles. The van der Waals surface area contributed by atoms with E-state index in [1.807, 2.05) is 24.3 Å². The Kier molecular flexibility index (Phi) is 7.32. The fourth-order valence-electron chi connectivity index (χ4n) is 4.52. The summed E-state index contributed by atoms with van der Waals surface area (Å²) in [7, 11) is -1.65. The molecule has 0 bridgehead atoms. The first-order valence-electron chi connectivity index (χ1n) is 12.3. The van der Waals surface area contributed by atoms with Crippen molar-refractivity contribution in [2.24, 2.45) is 11.1 Å². The van der Waals surface area contributed by atoms with E-state index in [9.17, 15) is 13.2 Å². The molecule has 4 N–H and O–H groups in total. The molecule has 11 heteroatoms. The number of rotatable bonds is 7. The van der Waals surface area contributed by atoms with Crippen LogP contribution in [0.5, 0.6) is 0 Å². The second-order valence-corrected chi connectivity index (χ2v) is 11.1. The highest BCUT2D eigenvalue weighted by atomic mass is 32.2. The van der Waals surface area contributed by atoms with Crippen LogP contribution < -0.4 is 15.8 Å². The van der Waals surface area contributed by atoms with E-state index in [0.717, 1.165) is 42.4 Å². The van der Waals surface area contributed by atoms with Crippen molar-refractivity contribution in [1.29, 1.82) is 0 Å².